The molecule has 1 amide bonds. The minimum atomic E-state index is -0.374. The third kappa shape index (κ3) is 2.27. The molecule has 1 aromatic rings. The number of nitrogens with two attached hydrogens (primary N) is 1. The maximum Gasteiger partial charge on any atom is 0.284 e. The molecule has 0 aliphatic heterocycles. The smallest absolute Gasteiger partial charge is 0.284 e. The van der Waals surface area contributed by atoms with E-state index in [1.807, 2.05) is 6.07 Å². The lowest BCUT2D eigenvalue weighted by Gasteiger charge is -2.16. The number of nitrogens with zero attached hydrogens (tertiary/aromatic N) is 1. The van der Waals surface area contributed by atoms with Crippen LogP contribution in [-0.2, 0) is 4.84 Å². The third-order valence-electron chi connectivity index (χ3n) is 1.59. The van der Waals surface area contributed by atoms with Gasteiger partial charge in [-0.05, 0) is 24.4 Å². The maximum atomic E-state index is 11.7. The summed E-state index contributed by atoms with van der Waals surface area (Å²) in [4.78, 5) is 16.4. The van der Waals surface area contributed by atoms with Crippen LogP contribution in [0.2, 0.25) is 0 Å². The van der Waals surface area contributed by atoms with Gasteiger partial charge in [-0.25, -0.2) is 0 Å². The zero-order valence-corrected chi connectivity index (χ0v) is 8.45. The van der Waals surface area contributed by atoms with E-state index in [0.29, 0.717) is 5.56 Å². The zero-order chi connectivity index (χ0) is 10.6. The van der Waals surface area contributed by atoms with Gasteiger partial charge < -0.3 is 5.73 Å². The molecule has 5 heteroatoms. The first kappa shape index (κ1) is 10.6. The minimum absolute atomic E-state index is 0.110. The molecular formula is C9H10N2O2S. The van der Waals surface area contributed by atoms with Crippen molar-refractivity contribution in [2.24, 2.45) is 5.73 Å². The number of hydrogen-bond donors (Lipinski definition) is 1. The van der Waals surface area contributed by atoms with Crippen molar-refractivity contribution in [1.29, 1.82) is 0 Å². The predicted octanol–water partition coefficient (Wildman–Crippen LogP) is 0.934. The van der Waals surface area contributed by atoms with Gasteiger partial charge in [-0.2, -0.15) is 5.06 Å². The molecule has 0 spiro atoms. The molecule has 0 aliphatic carbocycles. The Kier molecular flexibility index (Phi) is 3.55. The van der Waals surface area contributed by atoms with E-state index in [1.165, 1.54) is 7.11 Å². The minimum Gasteiger partial charge on any atom is -0.374 e. The number of carbonyl (C=O) groups excluding carboxylic acids is 1. The van der Waals surface area contributed by atoms with Crippen molar-refractivity contribution < 1.29 is 9.63 Å². The lowest BCUT2D eigenvalue weighted by Crippen LogP contribution is -2.39. The molecule has 0 unspecified atom stereocenters. The Morgan fingerprint density at radius 1 is 1.43 bits per heavy atom. The summed E-state index contributed by atoms with van der Waals surface area (Å²) >= 11 is 4.65. The summed E-state index contributed by atoms with van der Waals surface area (Å²) < 4.78 is 0. The molecule has 14 heavy (non-hydrogen) atoms. The molecule has 4 nitrogen and oxygen atoms in total. The largest absolute Gasteiger partial charge is 0.374 e. The van der Waals surface area contributed by atoms with Gasteiger partial charge in [0, 0.05) is 5.56 Å². The molecule has 0 atom stereocenters. The van der Waals surface area contributed by atoms with Crippen LogP contribution in [0, 0.1) is 0 Å². The Hall–Kier alpha value is -1.46. The molecule has 0 saturated carbocycles. The monoisotopic (exact) mass is 210 g/mol. The molecule has 0 aliphatic rings. The zero-order valence-electron chi connectivity index (χ0n) is 7.64. The molecule has 2 N–H and O–H groups in total. The predicted molar refractivity (Wildman–Crippen MR) is 56.4 cm³/mol. The fraction of sp³-hybridized carbons (Fsp3) is 0.111. The molecule has 0 aromatic heterocycles. The Labute approximate surface area is 87.2 Å². The highest BCUT2D eigenvalue weighted by Crippen LogP contribution is 2.04. The maximum absolute atomic E-state index is 11.7. The summed E-state index contributed by atoms with van der Waals surface area (Å²) in [7, 11) is 1.33. The first-order valence-corrected chi connectivity index (χ1v) is 4.30. The van der Waals surface area contributed by atoms with Gasteiger partial charge in [-0.1, -0.05) is 18.2 Å². The Bertz CT molecular complexity index is 340. The van der Waals surface area contributed by atoms with E-state index in [4.69, 9.17) is 10.6 Å². The number of thiocarbonyl (C=S) groups is 1. The number of hydroxylamine groups is 2. The summed E-state index contributed by atoms with van der Waals surface area (Å²) in [5.41, 5.74) is 5.77. The molecule has 74 valence electrons. The fourth-order valence-electron chi connectivity index (χ4n) is 0.971. The van der Waals surface area contributed by atoms with E-state index in [9.17, 15) is 4.79 Å². The summed E-state index contributed by atoms with van der Waals surface area (Å²) in [5, 5.41) is 0.756. The van der Waals surface area contributed by atoms with Crippen LogP contribution in [0.3, 0.4) is 0 Å². The topological polar surface area (TPSA) is 55.6 Å². The second-order valence-corrected chi connectivity index (χ2v) is 2.90. The van der Waals surface area contributed by atoms with Crippen LogP contribution in [0.25, 0.3) is 0 Å². The molecule has 0 bridgehead atoms. The molecule has 0 heterocycles. The van der Waals surface area contributed by atoms with Gasteiger partial charge in [0.25, 0.3) is 5.91 Å². The highest BCUT2D eigenvalue weighted by Gasteiger charge is 2.17. The van der Waals surface area contributed by atoms with Crippen molar-refractivity contribution >= 4 is 23.2 Å². The van der Waals surface area contributed by atoms with Crippen LogP contribution < -0.4 is 5.73 Å². The second kappa shape index (κ2) is 4.69. The fourth-order valence-corrected chi connectivity index (χ4v) is 1.13. The van der Waals surface area contributed by atoms with Crippen LogP contribution in [0.1, 0.15) is 10.4 Å². The van der Waals surface area contributed by atoms with E-state index >= 15 is 0 Å². The molecule has 0 radical (unpaired) electrons. The molecule has 1 aromatic carbocycles. The Morgan fingerprint density at radius 2 is 2.00 bits per heavy atom. The lowest BCUT2D eigenvalue weighted by molar-refractivity contribution is -0.0394. The van der Waals surface area contributed by atoms with Gasteiger partial charge in [0.2, 0.25) is 0 Å². The van der Waals surface area contributed by atoms with Gasteiger partial charge in [-0.3, -0.25) is 9.63 Å². The van der Waals surface area contributed by atoms with Crippen molar-refractivity contribution in [2.45, 2.75) is 0 Å². The van der Waals surface area contributed by atoms with Crippen LogP contribution in [0.4, 0.5) is 0 Å². The average molecular weight is 210 g/mol. The van der Waals surface area contributed by atoms with Crippen LogP contribution >= 0.6 is 12.2 Å². The summed E-state index contributed by atoms with van der Waals surface area (Å²) in [6, 6.07) is 8.63. The first-order valence-electron chi connectivity index (χ1n) is 3.90. The van der Waals surface area contributed by atoms with Crippen LogP contribution in [0.5, 0.6) is 0 Å². The van der Waals surface area contributed by atoms with Gasteiger partial charge in [0.1, 0.15) is 0 Å². The van der Waals surface area contributed by atoms with E-state index in [0.717, 1.165) is 5.06 Å². The number of hydrogen-bond acceptors (Lipinski definition) is 3. The first-order chi connectivity index (χ1) is 6.66. The summed E-state index contributed by atoms with van der Waals surface area (Å²) in [6.45, 7) is 0. The molecular weight excluding hydrogens is 200 g/mol. The van der Waals surface area contributed by atoms with Crippen LogP contribution in [-0.4, -0.2) is 23.2 Å². The standard InChI is InChI=1S/C9H10N2O2S/c1-13-11(9(10)14)8(12)7-5-3-2-4-6-7/h2-6H,1H3,(H2,10,14). The molecule has 0 fully saturated rings. The van der Waals surface area contributed by atoms with Crippen molar-refractivity contribution in [2.75, 3.05) is 7.11 Å². The Balaban J connectivity index is 2.89. The van der Waals surface area contributed by atoms with E-state index in [-0.39, 0.29) is 11.0 Å². The second-order valence-electron chi connectivity index (χ2n) is 2.49. The summed E-state index contributed by atoms with van der Waals surface area (Å²) in [6.07, 6.45) is 0. The highest BCUT2D eigenvalue weighted by atomic mass is 32.1. The van der Waals surface area contributed by atoms with Gasteiger partial charge in [0.15, 0.2) is 5.11 Å². The van der Waals surface area contributed by atoms with Crippen molar-refractivity contribution in [3.8, 4) is 0 Å². The average Bonchev–Trinajstić information content (AvgIpc) is 2.19. The van der Waals surface area contributed by atoms with E-state index in [1.54, 1.807) is 24.3 Å². The van der Waals surface area contributed by atoms with Crippen molar-refractivity contribution in [3.05, 3.63) is 35.9 Å². The van der Waals surface area contributed by atoms with E-state index in [2.05, 4.69) is 12.2 Å². The number of carbonyl (C=O) groups is 1. The quantitative estimate of drug-likeness (QED) is 0.583. The van der Waals surface area contributed by atoms with Gasteiger partial charge in [-0.15, -0.1) is 0 Å². The highest BCUT2D eigenvalue weighted by molar-refractivity contribution is 7.80. The van der Waals surface area contributed by atoms with Gasteiger partial charge in [0.05, 0.1) is 7.11 Å². The van der Waals surface area contributed by atoms with Crippen molar-refractivity contribution in [1.82, 2.24) is 5.06 Å². The number of benzene rings is 1. The Morgan fingerprint density at radius 3 is 2.43 bits per heavy atom. The summed E-state index contributed by atoms with van der Waals surface area (Å²) in [5.74, 6) is -0.374. The van der Waals surface area contributed by atoms with Crippen molar-refractivity contribution in [3.63, 3.8) is 0 Å². The third-order valence-corrected chi connectivity index (χ3v) is 1.75. The lowest BCUT2D eigenvalue weighted by atomic mass is 10.2. The van der Waals surface area contributed by atoms with E-state index < -0.39 is 0 Å². The number of rotatable bonds is 2. The SMILES string of the molecule is CON(C(=O)c1ccccc1)C(N)=S. The molecule has 0 saturated heterocycles. The molecule has 1 rings (SSSR count). The number of amides is 1. The van der Waals surface area contributed by atoms with Gasteiger partial charge >= 0.3 is 0 Å². The normalized spacial score (nSPS) is 9.50. The van der Waals surface area contributed by atoms with Crippen LogP contribution in [0.15, 0.2) is 30.3 Å².